The van der Waals surface area contributed by atoms with Crippen LogP contribution in [0.25, 0.3) is 44.1 Å². The summed E-state index contributed by atoms with van der Waals surface area (Å²) in [7, 11) is -3.97. The quantitative estimate of drug-likeness (QED) is 0.286. The van der Waals surface area contributed by atoms with Crippen LogP contribution in [0.2, 0.25) is 0 Å². The average molecular weight is 494 g/mol. The maximum absolute atomic E-state index is 13.7. The standard InChI is InChI=1S/C26H18F3N3O2S/c27-26(28,29)20-14-24(17-7-10-21(11-8-17)32-35(30,33)34)31-25(15-20)19-9-12-23-18(13-19)6-5-16-3-1-2-4-22(16)23/h1-15,32H,(H2,30,33,34). The number of anilines is 1. The first-order valence-electron chi connectivity index (χ1n) is 10.5. The first kappa shape index (κ1) is 22.8. The van der Waals surface area contributed by atoms with E-state index in [0.717, 1.165) is 33.7 Å². The van der Waals surface area contributed by atoms with E-state index in [1.54, 1.807) is 6.07 Å². The lowest BCUT2D eigenvalue weighted by Crippen LogP contribution is -2.21. The second kappa shape index (κ2) is 8.37. The first-order valence-corrected chi connectivity index (χ1v) is 12.0. The number of hydrogen-bond acceptors (Lipinski definition) is 3. The van der Waals surface area contributed by atoms with Crippen molar-refractivity contribution in [3.05, 3.63) is 96.6 Å². The van der Waals surface area contributed by atoms with E-state index in [2.05, 4.69) is 9.71 Å². The van der Waals surface area contributed by atoms with E-state index < -0.39 is 21.9 Å². The highest BCUT2D eigenvalue weighted by Crippen LogP contribution is 2.36. The second-order valence-electron chi connectivity index (χ2n) is 8.07. The number of pyridine rings is 1. The van der Waals surface area contributed by atoms with E-state index in [1.807, 2.05) is 48.5 Å². The molecule has 0 aliphatic carbocycles. The highest BCUT2D eigenvalue weighted by Gasteiger charge is 2.32. The second-order valence-corrected chi connectivity index (χ2v) is 9.37. The molecule has 9 heteroatoms. The summed E-state index contributed by atoms with van der Waals surface area (Å²) in [5.74, 6) is 0. The third kappa shape index (κ3) is 4.82. The van der Waals surface area contributed by atoms with E-state index in [4.69, 9.17) is 5.14 Å². The van der Waals surface area contributed by atoms with Gasteiger partial charge < -0.3 is 0 Å². The Labute approximate surface area is 199 Å². The number of nitrogens with one attached hydrogen (secondary N) is 1. The Morgan fingerprint density at radius 2 is 1.31 bits per heavy atom. The Morgan fingerprint density at radius 1 is 0.714 bits per heavy atom. The van der Waals surface area contributed by atoms with Gasteiger partial charge in [-0.1, -0.05) is 60.7 Å². The number of rotatable bonds is 4. The monoisotopic (exact) mass is 493 g/mol. The molecule has 4 aromatic carbocycles. The van der Waals surface area contributed by atoms with Crippen LogP contribution in [-0.4, -0.2) is 13.4 Å². The van der Waals surface area contributed by atoms with Crippen LogP contribution in [0.15, 0.2) is 91.0 Å². The van der Waals surface area contributed by atoms with Gasteiger partial charge in [-0.3, -0.25) is 4.72 Å². The maximum atomic E-state index is 13.7. The SMILES string of the molecule is NS(=O)(=O)Nc1ccc(-c2cc(C(F)(F)F)cc(-c3ccc4c(ccc5ccccc54)c3)n2)cc1. The average Bonchev–Trinajstić information content (AvgIpc) is 2.82. The summed E-state index contributed by atoms with van der Waals surface area (Å²) < 4.78 is 65.7. The molecule has 0 atom stereocenters. The minimum absolute atomic E-state index is 0.107. The number of hydrogen-bond donors (Lipinski definition) is 2. The van der Waals surface area contributed by atoms with Crippen LogP contribution in [0.1, 0.15) is 5.56 Å². The van der Waals surface area contributed by atoms with Gasteiger partial charge in [-0.25, -0.2) is 10.1 Å². The molecule has 5 nitrogen and oxygen atoms in total. The normalized spacial score (nSPS) is 12.2. The first-order chi connectivity index (χ1) is 16.6. The molecule has 0 unspecified atom stereocenters. The molecule has 0 amide bonds. The maximum Gasteiger partial charge on any atom is 0.416 e. The van der Waals surface area contributed by atoms with Gasteiger partial charge in [-0.2, -0.15) is 21.6 Å². The van der Waals surface area contributed by atoms with E-state index in [0.29, 0.717) is 11.1 Å². The Bertz CT molecular complexity index is 1680. The number of halogens is 3. The van der Waals surface area contributed by atoms with Gasteiger partial charge in [0.25, 0.3) is 10.2 Å². The van der Waals surface area contributed by atoms with Gasteiger partial charge in [-0.05, 0) is 51.9 Å². The van der Waals surface area contributed by atoms with Crippen molar-refractivity contribution >= 4 is 37.4 Å². The van der Waals surface area contributed by atoms with Crippen molar-refractivity contribution < 1.29 is 21.6 Å². The minimum atomic E-state index is -4.57. The minimum Gasteiger partial charge on any atom is -0.271 e. The number of fused-ring (bicyclic) bond motifs is 3. The molecular weight excluding hydrogens is 475 g/mol. The van der Waals surface area contributed by atoms with E-state index >= 15 is 0 Å². The van der Waals surface area contributed by atoms with Crippen molar-refractivity contribution in [2.24, 2.45) is 5.14 Å². The van der Waals surface area contributed by atoms with Crippen molar-refractivity contribution in [2.45, 2.75) is 6.18 Å². The molecule has 0 aliphatic heterocycles. The molecule has 0 bridgehead atoms. The summed E-state index contributed by atoms with van der Waals surface area (Å²) >= 11 is 0. The van der Waals surface area contributed by atoms with Crippen LogP contribution < -0.4 is 9.86 Å². The molecule has 0 saturated carbocycles. The van der Waals surface area contributed by atoms with Crippen LogP contribution in [0.4, 0.5) is 18.9 Å². The molecule has 3 N–H and O–H groups in total. The zero-order chi connectivity index (χ0) is 24.8. The van der Waals surface area contributed by atoms with Gasteiger partial charge in [0.1, 0.15) is 0 Å². The molecule has 0 saturated heterocycles. The topological polar surface area (TPSA) is 85.1 Å². The van der Waals surface area contributed by atoms with Crippen LogP contribution in [0.5, 0.6) is 0 Å². The Kier molecular flexibility index (Phi) is 5.46. The number of aromatic nitrogens is 1. The van der Waals surface area contributed by atoms with E-state index in [1.165, 1.54) is 24.3 Å². The number of nitrogens with zero attached hydrogens (tertiary/aromatic N) is 1. The van der Waals surface area contributed by atoms with Gasteiger partial charge in [-0.15, -0.1) is 0 Å². The summed E-state index contributed by atoms with van der Waals surface area (Å²) in [5, 5.41) is 8.98. The molecule has 1 aromatic heterocycles. The predicted octanol–water partition coefficient (Wildman–Crippen LogP) is 6.36. The molecular formula is C26H18F3N3O2S. The third-order valence-corrected chi connectivity index (χ3v) is 6.15. The highest BCUT2D eigenvalue weighted by molar-refractivity contribution is 7.90. The fourth-order valence-electron chi connectivity index (χ4n) is 4.04. The highest BCUT2D eigenvalue weighted by atomic mass is 32.2. The van der Waals surface area contributed by atoms with Crippen molar-refractivity contribution in [1.82, 2.24) is 4.98 Å². The zero-order valence-corrected chi connectivity index (χ0v) is 18.9. The Balaban J connectivity index is 1.62. The summed E-state index contributed by atoms with van der Waals surface area (Å²) in [4.78, 5) is 4.50. The number of nitrogens with two attached hydrogens (primary N) is 1. The Hall–Kier alpha value is -3.95. The molecule has 35 heavy (non-hydrogen) atoms. The van der Waals surface area contributed by atoms with Crippen LogP contribution >= 0.6 is 0 Å². The summed E-state index contributed by atoms with van der Waals surface area (Å²) in [5.41, 5.74) is 0.581. The van der Waals surface area contributed by atoms with Crippen molar-refractivity contribution in [1.29, 1.82) is 0 Å². The van der Waals surface area contributed by atoms with E-state index in [-0.39, 0.29) is 17.1 Å². The predicted molar refractivity (Wildman–Crippen MR) is 132 cm³/mol. The number of benzene rings is 4. The Morgan fingerprint density at radius 3 is 2.00 bits per heavy atom. The summed E-state index contributed by atoms with van der Waals surface area (Å²) in [6, 6.07) is 25.1. The molecule has 0 spiro atoms. The summed E-state index contributed by atoms with van der Waals surface area (Å²) in [6.45, 7) is 0. The largest absolute Gasteiger partial charge is 0.416 e. The van der Waals surface area contributed by atoms with Crippen molar-refractivity contribution in [2.75, 3.05) is 4.72 Å². The van der Waals surface area contributed by atoms with Gasteiger partial charge in [0.2, 0.25) is 0 Å². The van der Waals surface area contributed by atoms with Gasteiger partial charge in [0.05, 0.1) is 17.0 Å². The molecule has 5 aromatic rings. The lowest BCUT2D eigenvalue weighted by atomic mass is 9.98. The molecule has 0 aliphatic rings. The summed E-state index contributed by atoms with van der Waals surface area (Å²) in [6.07, 6.45) is -4.57. The molecule has 0 fully saturated rings. The fourth-order valence-corrected chi connectivity index (χ4v) is 4.50. The lowest BCUT2D eigenvalue weighted by Gasteiger charge is -2.13. The molecule has 1 heterocycles. The number of alkyl halides is 3. The van der Waals surface area contributed by atoms with Gasteiger partial charge in [0.15, 0.2) is 0 Å². The van der Waals surface area contributed by atoms with Crippen LogP contribution in [-0.2, 0) is 16.4 Å². The molecule has 176 valence electrons. The van der Waals surface area contributed by atoms with Gasteiger partial charge in [0, 0.05) is 16.8 Å². The molecule has 0 radical (unpaired) electrons. The van der Waals surface area contributed by atoms with Crippen LogP contribution in [0.3, 0.4) is 0 Å². The molecule has 5 rings (SSSR count). The fraction of sp³-hybridized carbons (Fsp3) is 0.0385. The zero-order valence-electron chi connectivity index (χ0n) is 18.0. The lowest BCUT2D eigenvalue weighted by molar-refractivity contribution is -0.137. The third-order valence-electron chi connectivity index (χ3n) is 5.63. The van der Waals surface area contributed by atoms with Crippen LogP contribution in [0, 0.1) is 0 Å². The van der Waals surface area contributed by atoms with Crippen molar-refractivity contribution in [3.63, 3.8) is 0 Å². The van der Waals surface area contributed by atoms with Gasteiger partial charge >= 0.3 is 6.18 Å². The smallest absolute Gasteiger partial charge is 0.271 e. The van der Waals surface area contributed by atoms with E-state index in [9.17, 15) is 21.6 Å². The van der Waals surface area contributed by atoms with Crippen molar-refractivity contribution in [3.8, 4) is 22.5 Å².